The molecule has 0 spiro atoms. The fraction of sp³-hybridized carbons (Fsp3) is 0.625. The van der Waals surface area contributed by atoms with Crippen LogP contribution in [0, 0.1) is 0 Å². The number of likely N-dealkylation sites (tertiary alicyclic amines) is 1. The highest BCUT2D eigenvalue weighted by atomic mass is 16.6. The van der Waals surface area contributed by atoms with Crippen LogP contribution >= 0.6 is 0 Å². The smallest absolute Gasteiger partial charge is 0.410 e. The highest BCUT2D eigenvalue weighted by Crippen LogP contribution is 2.21. The summed E-state index contributed by atoms with van der Waals surface area (Å²) in [5.74, 6) is -0.164. The Morgan fingerprint density at radius 1 is 1.00 bits per heavy atom. The molecule has 0 aromatic heterocycles. The Bertz CT molecular complexity index is 785. The zero-order chi connectivity index (χ0) is 23.1. The normalized spacial score (nSPS) is 19.5. The molecule has 1 aromatic rings. The van der Waals surface area contributed by atoms with Crippen LogP contribution < -0.4 is 10.2 Å². The molecule has 32 heavy (non-hydrogen) atoms. The number of para-hydroxylation sites is 1. The first-order valence-electron chi connectivity index (χ1n) is 11.6. The Morgan fingerprint density at radius 3 is 2.34 bits per heavy atom. The van der Waals surface area contributed by atoms with Gasteiger partial charge in [-0.25, -0.2) is 4.79 Å². The van der Waals surface area contributed by atoms with E-state index in [0.29, 0.717) is 26.1 Å². The summed E-state index contributed by atoms with van der Waals surface area (Å²) in [4.78, 5) is 43.5. The lowest BCUT2D eigenvalue weighted by molar-refractivity contribution is -0.132. The van der Waals surface area contributed by atoms with Gasteiger partial charge in [0, 0.05) is 51.4 Å². The molecule has 3 amide bonds. The number of nitrogens with zero attached hydrogens (tertiary/aromatic N) is 3. The van der Waals surface area contributed by atoms with Crippen LogP contribution in [0.2, 0.25) is 0 Å². The molecule has 2 saturated heterocycles. The first kappa shape index (κ1) is 23.9. The van der Waals surface area contributed by atoms with Crippen LogP contribution in [-0.2, 0) is 14.3 Å². The van der Waals surface area contributed by atoms with Crippen molar-refractivity contribution in [1.29, 1.82) is 0 Å². The lowest BCUT2D eigenvalue weighted by Gasteiger charge is -2.36. The first-order chi connectivity index (χ1) is 15.2. The molecule has 3 rings (SSSR count). The lowest BCUT2D eigenvalue weighted by Crippen LogP contribution is -2.53. The highest BCUT2D eigenvalue weighted by molar-refractivity contribution is 5.86. The number of anilines is 1. The van der Waals surface area contributed by atoms with Crippen molar-refractivity contribution in [3.05, 3.63) is 30.3 Å². The molecule has 176 valence electrons. The predicted octanol–water partition coefficient (Wildman–Crippen LogP) is 2.63. The number of ether oxygens (including phenoxy) is 1. The second-order valence-electron chi connectivity index (χ2n) is 9.43. The number of rotatable bonds is 5. The Kier molecular flexibility index (Phi) is 7.99. The molecule has 1 atom stereocenters. The van der Waals surface area contributed by atoms with Gasteiger partial charge in [-0.15, -0.1) is 0 Å². The van der Waals surface area contributed by atoms with Crippen molar-refractivity contribution in [3.8, 4) is 0 Å². The van der Waals surface area contributed by atoms with Crippen LogP contribution in [-0.4, -0.2) is 78.6 Å². The van der Waals surface area contributed by atoms with E-state index in [1.807, 2.05) is 43.9 Å². The van der Waals surface area contributed by atoms with Crippen molar-refractivity contribution in [2.45, 2.75) is 58.1 Å². The van der Waals surface area contributed by atoms with Crippen molar-refractivity contribution < 1.29 is 19.1 Å². The van der Waals surface area contributed by atoms with Gasteiger partial charge in [0.1, 0.15) is 11.6 Å². The van der Waals surface area contributed by atoms with Crippen LogP contribution in [0.15, 0.2) is 30.3 Å². The Balaban J connectivity index is 1.42. The molecule has 1 N–H and O–H groups in total. The number of piperidine rings is 1. The summed E-state index contributed by atoms with van der Waals surface area (Å²) >= 11 is 0. The third kappa shape index (κ3) is 6.61. The number of hydrogen-bond acceptors (Lipinski definition) is 5. The van der Waals surface area contributed by atoms with Crippen LogP contribution in [0.3, 0.4) is 0 Å². The third-order valence-electron chi connectivity index (χ3n) is 5.83. The minimum Gasteiger partial charge on any atom is -0.444 e. The molecule has 0 saturated carbocycles. The summed E-state index contributed by atoms with van der Waals surface area (Å²) in [5.41, 5.74) is 0.570. The van der Waals surface area contributed by atoms with Gasteiger partial charge in [0.25, 0.3) is 0 Å². The molecular weight excluding hydrogens is 408 g/mol. The summed E-state index contributed by atoms with van der Waals surface area (Å²) < 4.78 is 5.46. The van der Waals surface area contributed by atoms with E-state index in [0.717, 1.165) is 25.9 Å². The van der Waals surface area contributed by atoms with E-state index in [4.69, 9.17) is 4.74 Å². The molecule has 8 heteroatoms. The van der Waals surface area contributed by atoms with E-state index >= 15 is 0 Å². The molecule has 1 aromatic carbocycles. The average Bonchev–Trinajstić information content (AvgIpc) is 2.78. The van der Waals surface area contributed by atoms with Crippen molar-refractivity contribution in [2.75, 3.05) is 44.2 Å². The van der Waals surface area contributed by atoms with E-state index in [9.17, 15) is 14.4 Å². The zero-order valence-corrected chi connectivity index (χ0v) is 19.5. The minimum atomic E-state index is -0.605. The number of carbonyl (C=O) groups is 3. The fourth-order valence-corrected chi connectivity index (χ4v) is 4.16. The first-order valence-corrected chi connectivity index (χ1v) is 11.6. The van der Waals surface area contributed by atoms with Gasteiger partial charge in [-0.2, -0.15) is 0 Å². The van der Waals surface area contributed by atoms with Gasteiger partial charge in [-0.3, -0.25) is 14.5 Å². The van der Waals surface area contributed by atoms with E-state index in [1.54, 1.807) is 0 Å². The van der Waals surface area contributed by atoms with Crippen LogP contribution in [0.1, 0.15) is 46.5 Å². The Labute approximate surface area is 190 Å². The maximum Gasteiger partial charge on any atom is 0.410 e. The molecular formula is C24H36N4O4. The van der Waals surface area contributed by atoms with E-state index in [1.165, 1.54) is 10.6 Å². The van der Waals surface area contributed by atoms with Gasteiger partial charge in [0.15, 0.2) is 0 Å². The number of benzene rings is 1. The maximum absolute atomic E-state index is 12.7. The van der Waals surface area contributed by atoms with Crippen molar-refractivity contribution in [2.24, 2.45) is 0 Å². The predicted molar refractivity (Wildman–Crippen MR) is 123 cm³/mol. The summed E-state index contributed by atoms with van der Waals surface area (Å²) in [5, 5.41) is 2.86. The van der Waals surface area contributed by atoms with Gasteiger partial charge in [0.05, 0.1) is 0 Å². The fourth-order valence-electron chi connectivity index (χ4n) is 4.16. The molecule has 0 radical (unpaired) electrons. The summed E-state index contributed by atoms with van der Waals surface area (Å²) in [6.45, 7) is 9.18. The van der Waals surface area contributed by atoms with Crippen molar-refractivity contribution >= 4 is 23.6 Å². The molecule has 2 fully saturated rings. The molecule has 2 aliphatic heterocycles. The third-order valence-corrected chi connectivity index (χ3v) is 5.83. The second-order valence-corrected chi connectivity index (χ2v) is 9.43. The van der Waals surface area contributed by atoms with Gasteiger partial charge < -0.3 is 19.9 Å². The second kappa shape index (κ2) is 10.7. The Hall–Kier alpha value is -2.77. The monoisotopic (exact) mass is 444 g/mol. The number of hydrogen-bond donors (Lipinski definition) is 1. The molecule has 2 heterocycles. The number of amides is 3. The largest absolute Gasteiger partial charge is 0.444 e. The quantitative estimate of drug-likeness (QED) is 0.755. The van der Waals surface area contributed by atoms with Crippen molar-refractivity contribution in [1.82, 2.24) is 15.1 Å². The topological polar surface area (TPSA) is 82.2 Å². The summed E-state index contributed by atoms with van der Waals surface area (Å²) in [6, 6.07) is 9.66. The SMILES string of the molecule is CC(C)(C)OC(=O)N1CCCCC1C(=O)NCCC(=O)N1CCN(c2ccccc2)CC1. The van der Waals surface area contributed by atoms with Gasteiger partial charge >= 0.3 is 6.09 Å². The summed E-state index contributed by atoms with van der Waals surface area (Å²) in [6.07, 6.45) is 2.17. The molecule has 1 unspecified atom stereocenters. The van der Waals surface area contributed by atoms with Crippen LogP contribution in [0.5, 0.6) is 0 Å². The Morgan fingerprint density at radius 2 is 1.69 bits per heavy atom. The van der Waals surface area contributed by atoms with E-state index in [2.05, 4.69) is 22.3 Å². The number of nitrogens with one attached hydrogen (secondary N) is 1. The zero-order valence-electron chi connectivity index (χ0n) is 19.5. The number of carbonyl (C=O) groups excluding carboxylic acids is 3. The highest BCUT2D eigenvalue weighted by Gasteiger charge is 2.34. The molecule has 0 aliphatic carbocycles. The van der Waals surface area contributed by atoms with E-state index < -0.39 is 17.7 Å². The average molecular weight is 445 g/mol. The van der Waals surface area contributed by atoms with Crippen LogP contribution in [0.25, 0.3) is 0 Å². The lowest BCUT2D eigenvalue weighted by atomic mass is 10.0. The summed E-state index contributed by atoms with van der Waals surface area (Å²) in [7, 11) is 0. The van der Waals surface area contributed by atoms with Gasteiger partial charge in [0.2, 0.25) is 11.8 Å². The maximum atomic E-state index is 12.7. The molecule has 8 nitrogen and oxygen atoms in total. The van der Waals surface area contributed by atoms with Crippen molar-refractivity contribution in [3.63, 3.8) is 0 Å². The van der Waals surface area contributed by atoms with Gasteiger partial charge in [-0.1, -0.05) is 18.2 Å². The number of piperazine rings is 1. The standard InChI is InChI=1S/C24H36N4O4/c1-24(2,3)32-23(31)28-14-8-7-11-20(28)22(30)25-13-12-21(29)27-17-15-26(16-18-27)19-9-5-4-6-10-19/h4-6,9-10,20H,7-8,11-18H2,1-3H3,(H,25,30). The molecule has 0 bridgehead atoms. The molecule has 2 aliphatic rings. The van der Waals surface area contributed by atoms with E-state index in [-0.39, 0.29) is 24.8 Å². The van der Waals surface area contributed by atoms with Crippen LogP contribution in [0.4, 0.5) is 10.5 Å². The minimum absolute atomic E-state index is 0.0469. The van der Waals surface area contributed by atoms with Gasteiger partial charge in [-0.05, 0) is 52.2 Å².